The monoisotopic (exact) mass is 250 g/mol. The molecule has 1 saturated heterocycles. The normalized spacial score (nSPS) is 23.0. The molecule has 3 N–H and O–H groups in total. The van der Waals surface area contributed by atoms with Crippen LogP contribution in [0.5, 0.6) is 5.75 Å². The second-order valence-corrected chi connectivity index (χ2v) is 4.67. The summed E-state index contributed by atoms with van der Waals surface area (Å²) in [6, 6.07) is 6.66. The highest BCUT2D eigenvalue weighted by atomic mass is 16.5. The van der Waals surface area contributed by atoms with Crippen LogP contribution in [0.25, 0.3) is 0 Å². The standard InChI is InChI=1S/C13H18N2O3/c1-15(6-9-3-2-4-10(16)5-9)13(17)11-7-18-8-12(11)14/h2-5,11-12,16H,6-8,14H2,1H3. The molecule has 1 heterocycles. The lowest BCUT2D eigenvalue weighted by atomic mass is 10.0. The molecule has 0 bridgehead atoms. The number of carbonyl (C=O) groups is 1. The zero-order chi connectivity index (χ0) is 13.1. The zero-order valence-corrected chi connectivity index (χ0v) is 10.4. The zero-order valence-electron chi connectivity index (χ0n) is 10.4. The van der Waals surface area contributed by atoms with Gasteiger partial charge in [0.15, 0.2) is 0 Å². The van der Waals surface area contributed by atoms with Crippen molar-refractivity contribution in [1.29, 1.82) is 0 Å². The Morgan fingerprint density at radius 1 is 1.56 bits per heavy atom. The van der Waals surface area contributed by atoms with Crippen LogP contribution in [-0.2, 0) is 16.1 Å². The van der Waals surface area contributed by atoms with E-state index in [0.717, 1.165) is 5.56 Å². The fourth-order valence-electron chi connectivity index (χ4n) is 2.11. The first-order valence-electron chi connectivity index (χ1n) is 5.94. The number of hydrogen-bond donors (Lipinski definition) is 2. The summed E-state index contributed by atoms with van der Waals surface area (Å²) in [7, 11) is 1.73. The topological polar surface area (TPSA) is 75.8 Å². The molecule has 1 aromatic rings. The van der Waals surface area contributed by atoms with Crippen molar-refractivity contribution in [3.63, 3.8) is 0 Å². The van der Waals surface area contributed by atoms with Gasteiger partial charge in [0.25, 0.3) is 0 Å². The van der Waals surface area contributed by atoms with Crippen molar-refractivity contribution in [2.24, 2.45) is 11.7 Å². The van der Waals surface area contributed by atoms with Crippen LogP contribution in [0.3, 0.4) is 0 Å². The Morgan fingerprint density at radius 3 is 2.94 bits per heavy atom. The Labute approximate surface area is 106 Å². The van der Waals surface area contributed by atoms with Gasteiger partial charge in [0, 0.05) is 19.6 Å². The number of rotatable bonds is 3. The van der Waals surface area contributed by atoms with Crippen molar-refractivity contribution in [2.45, 2.75) is 12.6 Å². The van der Waals surface area contributed by atoms with Crippen molar-refractivity contribution in [3.8, 4) is 5.75 Å². The summed E-state index contributed by atoms with van der Waals surface area (Å²) in [4.78, 5) is 13.8. The minimum Gasteiger partial charge on any atom is -0.508 e. The third kappa shape index (κ3) is 2.80. The van der Waals surface area contributed by atoms with Crippen LogP contribution < -0.4 is 5.73 Å². The van der Waals surface area contributed by atoms with Gasteiger partial charge >= 0.3 is 0 Å². The van der Waals surface area contributed by atoms with E-state index in [1.165, 1.54) is 0 Å². The molecule has 1 aromatic carbocycles. The van der Waals surface area contributed by atoms with Gasteiger partial charge in [-0.15, -0.1) is 0 Å². The molecule has 1 amide bonds. The molecule has 2 atom stereocenters. The Bertz CT molecular complexity index is 436. The molecule has 5 nitrogen and oxygen atoms in total. The Hall–Kier alpha value is -1.59. The molecule has 1 aliphatic rings. The van der Waals surface area contributed by atoms with E-state index < -0.39 is 0 Å². The minimum atomic E-state index is -0.257. The highest BCUT2D eigenvalue weighted by molar-refractivity contribution is 5.79. The Morgan fingerprint density at radius 2 is 2.33 bits per heavy atom. The van der Waals surface area contributed by atoms with E-state index in [4.69, 9.17) is 10.5 Å². The fourth-order valence-corrected chi connectivity index (χ4v) is 2.11. The Balaban J connectivity index is 1.99. The van der Waals surface area contributed by atoms with Crippen molar-refractivity contribution in [1.82, 2.24) is 4.90 Å². The van der Waals surface area contributed by atoms with E-state index in [1.807, 2.05) is 6.07 Å². The largest absolute Gasteiger partial charge is 0.508 e. The molecule has 0 spiro atoms. The van der Waals surface area contributed by atoms with Crippen LogP contribution >= 0.6 is 0 Å². The third-order valence-electron chi connectivity index (χ3n) is 3.15. The number of benzene rings is 1. The van der Waals surface area contributed by atoms with Gasteiger partial charge in [0.2, 0.25) is 5.91 Å². The fraction of sp³-hybridized carbons (Fsp3) is 0.462. The number of phenols is 1. The molecule has 1 fully saturated rings. The average molecular weight is 250 g/mol. The van der Waals surface area contributed by atoms with Gasteiger partial charge in [0.05, 0.1) is 19.1 Å². The summed E-state index contributed by atoms with van der Waals surface area (Å²) >= 11 is 0. The average Bonchev–Trinajstić information content (AvgIpc) is 2.74. The first-order valence-corrected chi connectivity index (χ1v) is 5.94. The van der Waals surface area contributed by atoms with Crippen molar-refractivity contribution >= 4 is 5.91 Å². The van der Waals surface area contributed by atoms with E-state index >= 15 is 0 Å². The molecule has 18 heavy (non-hydrogen) atoms. The van der Waals surface area contributed by atoms with E-state index in [9.17, 15) is 9.90 Å². The van der Waals surface area contributed by atoms with Crippen LogP contribution in [0.2, 0.25) is 0 Å². The molecule has 2 unspecified atom stereocenters. The number of nitrogens with two attached hydrogens (primary N) is 1. The van der Waals surface area contributed by atoms with Gasteiger partial charge in [-0.25, -0.2) is 0 Å². The molecule has 0 saturated carbocycles. The van der Waals surface area contributed by atoms with Crippen molar-refractivity contribution in [3.05, 3.63) is 29.8 Å². The van der Waals surface area contributed by atoms with Gasteiger partial charge in [-0.05, 0) is 17.7 Å². The quantitative estimate of drug-likeness (QED) is 0.810. The summed E-state index contributed by atoms with van der Waals surface area (Å²) in [5.41, 5.74) is 6.71. The van der Waals surface area contributed by atoms with Gasteiger partial charge in [-0.1, -0.05) is 12.1 Å². The molecular weight excluding hydrogens is 232 g/mol. The van der Waals surface area contributed by atoms with Gasteiger partial charge < -0.3 is 20.5 Å². The number of aromatic hydroxyl groups is 1. The smallest absolute Gasteiger partial charge is 0.229 e. The Kier molecular flexibility index (Phi) is 3.84. The van der Waals surface area contributed by atoms with E-state index in [2.05, 4.69) is 0 Å². The predicted octanol–water partition coefficient (Wildman–Crippen LogP) is 0.324. The lowest BCUT2D eigenvalue weighted by Crippen LogP contribution is -2.41. The molecule has 0 aliphatic carbocycles. The lowest BCUT2D eigenvalue weighted by molar-refractivity contribution is -0.135. The molecule has 1 aliphatic heterocycles. The van der Waals surface area contributed by atoms with Crippen LogP contribution in [0.1, 0.15) is 5.56 Å². The van der Waals surface area contributed by atoms with E-state index in [0.29, 0.717) is 19.8 Å². The van der Waals surface area contributed by atoms with Gasteiger partial charge in [-0.2, -0.15) is 0 Å². The number of carbonyl (C=O) groups excluding carboxylic acids is 1. The number of phenolic OH excluding ortho intramolecular Hbond substituents is 1. The van der Waals surface area contributed by atoms with E-state index in [-0.39, 0.29) is 23.6 Å². The first kappa shape index (κ1) is 12.9. The summed E-state index contributed by atoms with van der Waals surface area (Å²) in [5.74, 6) is -0.0649. The molecule has 98 valence electrons. The molecule has 5 heteroatoms. The van der Waals surface area contributed by atoms with Gasteiger partial charge in [0.1, 0.15) is 5.75 Å². The number of hydrogen-bond acceptors (Lipinski definition) is 4. The van der Waals surface area contributed by atoms with Crippen LogP contribution in [-0.4, -0.2) is 42.2 Å². The minimum absolute atomic E-state index is 0.0108. The highest BCUT2D eigenvalue weighted by Crippen LogP contribution is 2.17. The third-order valence-corrected chi connectivity index (χ3v) is 3.15. The highest BCUT2D eigenvalue weighted by Gasteiger charge is 2.33. The number of nitrogens with zero attached hydrogens (tertiary/aromatic N) is 1. The summed E-state index contributed by atoms with van der Waals surface area (Å²) in [5, 5.41) is 9.37. The maximum absolute atomic E-state index is 12.1. The SMILES string of the molecule is CN(Cc1cccc(O)c1)C(=O)C1COCC1N. The van der Waals surface area contributed by atoms with E-state index in [1.54, 1.807) is 30.1 Å². The van der Waals surface area contributed by atoms with Crippen molar-refractivity contribution in [2.75, 3.05) is 20.3 Å². The molecule has 2 rings (SSSR count). The predicted molar refractivity (Wildman–Crippen MR) is 66.9 cm³/mol. The van der Waals surface area contributed by atoms with Gasteiger partial charge in [-0.3, -0.25) is 4.79 Å². The van der Waals surface area contributed by atoms with Crippen molar-refractivity contribution < 1.29 is 14.6 Å². The summed E-state index contributed by atoms with van der Waals surface area (Å²) < 4.78 is 5.20. The molecule has 0 aromatic heterocycles. The van der Waals surface area contributed by atoms with Crippen LogP contribution in [0.15, 0.2) is 24.3 Å². The van der Waals surface area contributed by atoms with Crippen LogP contribution in [0, 0.1) is 5.92 Å². The maximum Gasteiger partial charge on any atom is 0.229 e. The number of ether oxygens (including phenoxy) is 1. The van der Waals surface area contributed by atoms with Crippen LogP contribution in [0.4, 0.5) is 0 Å². The maximum atomic E-state index is 12.1. The first-order chi connectivity index (χ1) is 8.58. The number of amides is 1. The molecular formula is C13H18N2O3. The second-order valence-electron chi connectivity index (χ2n) is 4.67. The summed E-state index contributed by atoms with van der Waals surface area (Å²) in [6.45, 7) is 1.29. The lowest BCUT2D eigenvalue weighted by Gasteiger charge is -2.22. The molecule has 0 radical (unpaired) electrons. The summed E-state index contributed by atoms with van der Waals surface area (Å²) in [6.07, 6.45) is 0. The second kappa shape index (κ2) is 5.37.